The summed E-state index contributed by atoms with van der Waals surface area (Å²) in [7, 11) is 0. The SMILES string of the molecule is O=C(C1CCCN(c2cnccn2)C1)N1CCC2(CC1)OCCO2. The van der Waals surface area contributed by atoms with E-state index >= 15 is 0 Å². The molecule has 3 aliphatic heterocycles. The quantitative estimate of drug-likeness (QED) is 0.807. The zero-order chi connectivity index (χ0) is 16.4. The molecule has 0 aliphatic carbocycles. The first-order valence-corrected chi connectivity index (χ1v) is 8.83. The molecule has 0 bridgehead atoms. The van der Waals surface area contributed by atoms with Crippen molar-refractivity contribution in [3.05, 3.63) is 18.6 Å². The van der Waals surface area contributed by atoms with E-state index in [2.05, 4.69) is 14.9 Å². The van der Waals surface area contributed by atoms with Gasteiger partial charge in [-0.3, -0.25) is 9.78 Å². The molecule has 4 rings (SSSR count). The fourth-order valence-corrected chi connectivity index (χ4v) is 3.95. The summed E-state index contributed by atoms with van der Waals surface area (Å²) in [5, 5.41) is 0. The Bertz CT molecular complexity index is 566. The number of anilines is 1. The number of hydrogen-bond donors (Lipinski definition) is 0. The maximum atomic E-state index is 12.9. The van der Waals surface area contributed by atoms with Crippen LogP contribution in [0.4, 0.5) is 5.82 Å². The van der Waals surface area contributed by atoms with Crippen LogP contribution >= 0.6 is 0 Å². The lowest BCUT2D eigenvalue weighted by atomic mass is 9.94. The molecule has 3 saturated heterocycles. The van der Waals surface area contributed by atoms with Crippen LogP contribution < -0.4 is 4.90 Å². The van der Waals surface area contributed by atoms with E-state index in [1.807, 2.05) is 4.90 Å². The lowest BCUT2D eigenvalue weighted by Gasteiger charge is -2.40. The second-order valence-electron chi connectivity index (χ2n) is 6.78. The second kappa shape index (κ2) is 6.64. The van der Waals surface area contributed by atoms with Crippen molar-refractivity contribution in [3.63, 3.8) is 0 Å². The number of likely N-dealkylation sites (tertiary alicyclic amines) is 1. The molecule has 3 aliphatic rings. The summed E-state index contributed by atoms with van der Waals surface area (Å²) >= 11 is 0. The first kappa shape index (κ1) is 15.8. The lowest BCUT2D eigenvalue weighted by molar-refractivity contribution is -0.188. The molecule has 7 nitrogen and oxygen atoms in total. The highest BCUT2D eigenvalue weighted by molar-refractivity contribution is 5.79. The van der Waals surface area contributed by atoms with Crippen LogP contribution in [0, 0.1) is 5.92 Å². The number of rotatable bonds is 2. The number of carbonyl (C=O) groups excluding carboxylic acids is 1. The predicted octanol–water partition coefficient (Wildman–Crippen LogP) is 1.06. The van der Waals surface area contributed by atoms with Gasteiger partial charge in [-0.05, 0) is 12.8 Å². The van der Waals surface area contributed by atoms with Crippen LogP contribution in [0.2, 0.25) is 0 Å². The normalized spacial score (nSPS) is 26.8. The third-order valence-corrected chi connectivity index (χ3v) is 5.29. The Labute approximate surface area is 142 Å². The summed E-state index contributed by atoms with van der Waals surface area (Å²) in [5.41, 5.74) is 0. The van der Waals surface area contributed by atoms with Gasteiger partial charge in [-0.1, -0.05) is 0 Å². The molecule has 130 valence electrons. The average Bonchev–Trinajstić information content (AvgIpc) is 3.11. The molecule has 1 atom stereocenters. The molecule has 24 heavy (non-hydrogen) atoms. The van der Waals surface area contributed by atoms with Crippen molar-refractivity contribution in [1.29, 1.82) is 0 Å². The summed E-state index contributed by atoms with van der Waals surface area (Å²) in [6, 6.07) is 0. The molecule has 3 fully saturated rings. The molecule has 0 radical (unpaired) electrons. The second-order valence-corrected chi connectivity index (χ2v) is 6.78. The van der Waals surface area contributed by atoms with Gasteiger partial charge in [0.05, 0.1) is 25.3 Å². The fourth-order valence-electron chi connectivity index (χ4n) is 3.95. The van der Waals surface area contributed by atoms with Crippen molar-refractivity contribution in [2.45, 2.75) is 31.5 Å². The molecule has 7 heteroatoms. The number of hydrogen-bond acceptors (Lipinski definition) is 6. The molecular weight excluding hydrogens is 308 g/mol. The van der Waals surface area contributed by atoms with Crippen molar-refractivity contribution in [2.24, 2.45) is 5.92 Å². The van der Waals surface area contributed by atoms with Gasteiger partial charge in [0.25, 0.3) is 0 Å². The molecule has 1 spiro atoms. The van der Waals surface area contributed by atoms with E-state index in [0.29, 0.717) is 13.2 Å². The zero-order valence-corrected chi connectivity index (χ0v) is 13.9. The number of ether oxygens (including phenoxy) is 2. The highest BCUT2D eigenvalue weighted by Gasteiger charge is 2.42. The largest absolute Gasteiger partial charge is 0.355 e. The van der Waals surface area contributed by atoms with Gasteiger partial charge in [-0.2, -0.15) is 0 Å². The van der Waals surface area contributed by atoms with Crippen molar-refractivity contribution >= 4 is 11.7 Å². The summed E-state index contributed by atoms with van der Waals surface area (Å²) < 4.78 is 11.5. The van der Waals surface area contributed by atoms with Gasteiger partial charge < -0.3 is 19.3 Å². The molecule has 0 N–H and O–H groups in total. The first-order chi connectivity index (χ1) is 11.8. The molecule has 1 unspecified atom stereocenters. The third-order valence-electron chi connectivity index (χ3n) is 5.29. The van der Waals surface area contributed by atoms with Crippen LogP contribution in [-0.4, -0.2) is 66.0 Å². The van der Waals surface area contributed by atoms with E-state index in [9.17, 15) is 4.79 Å². The smallest absolute Gasteiger partial charge is 0.227 e. The Morgan fingerprint density at radius 3 is 2.67 bits per heavy atom. The fraction of sp³-hybridized carbons (Fsp3) is 0.706. The highest BCUT2D eigenvalue weighted by Crippen LogP contribution is 2.32. The Hall–Kier alpha value is -1.73. The topological polar surface area (TPSA) is 67.8 Å². The highest BCUT2D eigenvalue weighted by atomic mass is 16.7. The minimum absolute atomic E-state index is 0.0419. The minimum Gasteiger partial charge on any atom is -0.355 e. The molecule has 0 aromatic carbocycles. The van der Waals surface area contributed by atoms with Crippen LogP contribution in [0.25, 0.3) is 0 Å². The van der Waals surface area contributed by atoms with Crippen LogP contribution in [0.15, 0.2) is 18.6 Å². The van der Waals surface area contributed by atoms with Gasteiger partial charge in [-0.15, -0.1) is 0 Å². The Balaban J connectivity index is 1.36. The summed E-state index contributed by atoms with van der Waals surface area (Å²) in [6.07, 6.45) is 8.66. The molecular formula is C17H24N4O3. The number of aromatic nitrogens is 2. The average molecular weight is 332 g/mol. The molecule has 4 heterocycles. The summed E-state index contributed by atoms with van der Waals surface area (Å²) in [4.78, 5) is 25.6. The number of carbonyl (C=O) groups is 1. The van der Waals surface area contributed by atoms with Crippen LogP contribution in [0.5, 0.6) is 0 Å². The standard InChI is InChI=1S/C17H24N4O3/c22-16(20-8-3-17(4-9-20)23-10-11-24-17)14-2-1-7-21(13-14)15-12-18-5-6-19-15/h5-6,12,14H,1-4,7-11,13H2. The zero-order valence-electron chi connectivity index (χ0n) is 13.9. The maximum Gasteiger partial charge on any atom is 0.227 e. The Kier molecular flexibility index (Phi) is 4.37. The van der Waals surface area contributed by atoms with Gasteiger partial charge in [0.15, 0.2) is 5.79 Å². The van der Waals surface area contributed by atoms with Crippen LogP contribution in [0.1, 0.15) is 25.7 Å². The molecule has 1 aromatic heterocycles. The van der Waals surface area contributed by atoms with E-state index in [1.165, 1.54) is 0 Å². The predicted molar refractivity (Wildman–Crippen MR) is 87.4 cm³/mol. The molecule has 0 saturated carbocycles. The van der Waals surface area contributed by atoms with Gasteiger partial charge in [0, 0.05) is 51.4 Å². The molecule has 1 aromatic rings. The Morgan fingerprint density at radius 2 is 1.96 bits per heavy atom. The van der Waals surface area contributed by atoms with Gasteiger partial charge in [0.2, 0.25) is 5.91 Å². The summed E-state index contributed by atoms with van der Waals surface area (Å²) in [5.74, 6) is 0.742. The minimum atomic E-state index is -0.422. The van der Waals surface area contributed by atoms with Gasteiger partial charge >= 0.3 is 0 Å². The van der Waals surface area contributed by atoms with E-state index in [0.717, 1.165) is 57.7 Å². The van der Waals surface area contributed by atoms with Gasteiger partial charge in [0.1, 0.15) is 5.82 Å². The summed E-state index contributed by atoms with van der Waals surface area (Å²) in [6.45, 7) is 4.45. The number of nitrogens with zero attached hydrogens (tertiary/aromatic N) is 4. The molecule has 1 amide bonds. The van der Waals surface area contributed by atoms with E-state index in [4.69, 9.17) is 9.47 Å². The number of piperidine rings is 2. The number of amides is 1. The van der Waals surface area contributed by atoms with Crippen LogP contribution in [0.3, 0.4) is 0 Å². The third kappa shape index (κ3) is 3.10. The van der Waals surface area contributed by atoms with E-state index in [1.54, 1.807) is 18.6 Å². The van der Waals surface area contributed by atoms with Crippen molar-refractivity contribution in [2.75, 3.05) is 44.3 Å². The lowest BCUT2D eigenvalue weighted by Crippen LogP contribution is -2.51. The van der Waals surface area contributed by atoms with Crippen LogP contribution in [-0.2, 0) is 14.3 Å². The first-order valence-electron chi connectivity index (χ1n) is 8.83. The van der Waals surface area contributed by atoms with Crippen molar-refractivity contribution in [3.8, 4) is 0 Å². The van der Waals surface area contributed by atoms with Gasteiger partial charge in [-0.25, -0.2) is 4.98 Å². The van der Waals surface area contributed by atoms with Crippen molar-refractivity contribution in [1.82, 2.24) is 14.9 Å². The van der Waals surface area contributed by atoms with Crippen molar-refractivity contribution < 1.29 is 14.3 Å². The maximum absolute atomic E-state index is 12.9. The van der Waals surface area contributed by atoms with E-state index < -0.39 is 5.79 Å². The van der Waals surface area contributed by atoms with E-state index in [-0.39, 0.29) is 11.8 Å². The Morgan fingerprint density at radius 1 is 1.17 bits per heavy atom. The monoisotopic (exact) mass is 332 g/mol.